The highest BCUT2D eigenvalue weighted by molar-refractivity contribution is 7.99. The third-order valence-corrected chi connectivity index (χ3v) is 4.81. The predicted molar refractivity (Wildman–Crippen MR) is 79.6 cm³/mol. The van der Waals surface area contributed by atoms with Crippen LogP contribution in [-0.2, 0) is 0 Å². The Bertz CT molecular complexity index is 523. The normalized spacial score (nSPS) is 19.3. The largest absolute Gasteiger partial charge is 0.468 e. The zero-order chi connectivity index (χ0) is 13.1. The van der Waals surface area contributed by atoms with Gasteiger partial charge in [-0.25, -0.2) is 0 Å². The Morgan fingerprint density at radius 2 is 2.21 bits per heavy atom. The molecule has 19 heavy (non-hydrogen) atoms. The average molecular weight is 273 g/mol. The summed E-state index contributed by atoms with van der Waals surface area (Å²) in [5.41, 5.74) is 1.46. The summed E-state index contributed by atoms with van der Waals surface area (Å²) < 4.78 is 5.65. The molecular weight excluding hydrogens is 254 g/mol. The second kappa shape index (κ2) is 5.85. The molecule has 1 aromatic heterocycles. The van der Waals surface area contributed by atoms with Crippen molar-refractivity contribution < 1.29 is 4.42 Å². The maximum atomic E-state index is 5.65. The van der Waals surface area contributed by atoms with Gasteiger partial charge < -0.3 is 9.73 Å². The van der Waals surface area contributed by atoms with Gasteiger partial charge in [-0.3, -0.25) is 0 Å². The fraction of sp³-hybridized carbons (Fsp3) is 0.375. The molecule has 0 amide bonds. The number of rotatable bonds is 5. The van der Waals surface area contributed by atoms with Gasteiger partial charge in [-0.2, -0.15) is 0 Å². The van der Waals surface area contributed by atoms with Crippen molar-refractivity contribution in [3.05, 3.63) is 54.0 Å². The van der Waals surface area contributed by atoms with Crippen molar-refractivity contribution in [2.24, 2.45) is 0 Å². The van der Waals surface area contributed by atoms with Crippen LogP contribution in [0.1, 0.15) is 36.6 Å². The molecule has 0 fully saturated rings. The van der Waals surface area contributed by atoms with Crippen LogP contribution in [0.15, 0.2) is 52.0 Å². The first-order chi connectivity index (χ1) is 9.40. The van der Waals surface area contributed by atoms with Crippen LogP contribution in [-0.4, -0.2) is 12.3 Å². The van der Waals surface area contributed by atoms with E-state index in [0.29, 0.717) is 5.92 Å². The lowest BCUT2D eigenvalue weighted by Gasteiger charge is -2.23. The van der Waals surface area contributed by atoms with E-state index >= 15 is 0 Å². The molecular formula is C16H19NOS. The third-order valence-electron chi connectivity index (χ3n) is 3.60. The maximum absolute atomic E-state index is 5.65. The van der Waals surface area contributed by atoms with Crippen molar-refractivity contribution >= 4 is 11.8 Å². The lowest BCUT2D eigenvalue weighted by atomic mass is 9.91. The number of hydrogen-bond donors (Lipinski definition) is 1. The molecule has 1 aliphatic heterocycles. The smallest absolute Gasteiger partial charge is 0.121 e. The monoisotopic (exact) mass is 273 g/mol. The number of fused-ring (bicyclic) bond motifs is 1. The summed E-state index contributed by atoms with van der Waals surface area (Å²) in [5.74, 6) is 2.68. The minimum absolute atomic E-state index is 0.283. The highest BCUT2D eigenvalue weighted by Crippen LogP contribution is 2.45. The van der Waals surface area contributed by atoms with Crippen LogP contribution >= 0.6 is 11.8 Å². The van der Waals surface area contributed by atoms with Gasteiger partial charge in [0.15, 0.2) is 0 Å². The summed E-state index contributed by atoms with van der Waals surface area (Å²) in [6, 6.07) is 13.1. The zero-order valence-electron chi connectivity index (χ0n) is 11.1. The van der Waals surface area contributed by atoms with Crippen molar-refractivity contribution in [3.8, 4) is 0 Å². The number of furan rings is 1. The third kappa shape index (κ3) is 2.58. The minimum atomic E-state index is 0.283. The predicted octanol–water partition coefficient (Wildman–Crippen LogP) is 4.21. The molecule has 0 saturated heterocycles. The van der Waals surface area contributed by atoms with Crippen molar-refractivity contribution in [2.75, 3.05) is 12.3 Å². The molecule has 2 aromatic rings. The molecule has 1 aliphatic rings. The molecule has 2 heterocycles. The van der Waals surface area contributed by atoms with Gasteiger partial charge in [0.1, 0.15) is 5.76 Å². The molecule has 0 aliphatic carbocycles. The first kappa shape index (κ1) is 12.8. The molecule has 0 radical (unpaired) electrons. The molecule has 3 heteroatoms. The molecule has 0 saturated carbocycles. The van der Waals surface area contributed by atoms with Gasteiger partial charge in [-0.15, -0.1) is 11.8 Å². The van der Waals surface area contributed by atoms with E-state index in [0.717, 1.165) is 24.5 Å². The number of nitrogens with one attached hydrogen (secondary N) is 1. The summed E-state index contributed by atoms with van der Waals surface area (Å²) in [6.07, 6.45) is 2.91. The van der Waals surface area contributed by atoms with Crippen LogP contribution in [0.5, 0.6) is 0 Å². The van der Waals surface area contributed by atoms with Crippen LogP contribution in [0.3, 0.4) is 0 Å². The van der Waals surface area contributed by atoms with E-state index in [-0.39, 0.29) is 6.04 Å². The lowest BCUT2D eigenvalue weighted by Crippen LogP contribution is -2.27. The average Bonchev–Trinajstić information content (AvgIpc) is 3.09. The van der Waals surface area contributed by atoms with Gasteiger partial charge in [0, 0.05) is 16.6 Å². The van der Waals surface area contributed by atoms with E-state index < -0.39 is 0 Å². The molecule has 1 N–H and O–H groups in total. The van der Waals surface area contributed by atoms with Crippen LogP contribution < -0.4 is 5.32 Å². The number of thioether (sulfide) groups is 1. The van der Waals surface area contributed by atoms with Crippen molar-refractivity contribution in [2.45, 2.75) is 30.2 Å². The summed E-state index contributed by atoms with van der Waals surface area (Å²) in [7, 11) is 0. The fourth-order valence-corrected chi connectivity index (χ4v) is 3.96. The topological polar surface area (TPSA) is 25.2 Å². The summed E-state index contributed by atoms with van der Waals surface area (Å²) in [5, 5.41) is 3.65. The second-order valence-corrected chi connectivity index (χ2v) is 5.96. The van der Waals surface area contributed by atoms with E-state index in [1.807, 2.05) is 17.8 Å². The van der Waals surface area contributed by atoms with Crippen molar-refractivity contribution in [1.29, 1.82) is 0 Å². The molecule has 0 bridgehead atoms. The van der Waals surface area contributed by atoms with Gasteiger partial charge >= 0.3 is 0 Å². The van der Waals surface area contributed by atoms with Gasteiger partial charge in [-0.1, -0.05) is 25.1 Å². The first-order valence-electron chi connectivity index (χ1n) is 6.88. The summed E-state index contributed by atoms with van der Waals surface area (Å²) in [4.78, 5) is 1.42. The Balaban J connectivity index is 1.89. The summed E-state index contributed by atoms with van der Waals surface area (Å²) in [6.45, 7) is 3.22. The van der Waals surface area contributed by atoms with Crippen LogP contribution in [0.2, 0.25) is 0 Å². The lowest BCUT2D eigenvalue weighted by molar-refractivity contribution is 0.379. The number of benzene rings is 1. The quantitative estimate of drug-likeness (QED) is 0.883. The van der Waals surface area contributed by atoms with Crippen LogP contribution in [0, 0.1) is 0 Å². The number of hydrogen-bond acceptors (Lipinski definition) is 3. The van der Waals surface area contributed by atoms with Crippen molar-refractivity contribution in [1.82, 2.24) is 5.32 Å². The molecule has 3 rings (SSSR count). The van der Waals surface area contributed by atoms with E-state index in [9.17, 15) is 0 Å². The Hall–Kier alpha value is -1.19. The van der Waals surface area contributed by atoms with Crippen LogP contribution in [0.4, 0.5) is 0 Å². The first-order valence-corrected chi connectivity index (χ1v) is 7.87. The van der Waals surface area contributed by atoms with Crippen molar-refractivity contribution in [3.63, 3.8) is 0 Å². The van der Waals surface area contributed by atoms with E-state index in [4.69, 9.17) is 4.42 Å². The molecule has 2 unspecified atom stereocenters. The molecule has 2 atom stereocenters. The van der Waals surface area contributed by atoms with E-state index in [2.05, 4.69) is 42.6 Å². The van der Waals surface area contributed by atoms with E-state index in [1.165, 1.54) is 10.5 Å². The minimum Gasteiger partial charge on any atom is -0.468 e. The molecule has 100 valence electrons. The molecule has 2 nitrogen and oxygen atoms in total. The van der Waals surface area contributed by atoms with Crippen LogP contribution in [0.25, 0.3) is 0 Å². The highest BCUT2D eigenvalue weighted by atomic mass is 32.2. The summed E-state index contributed by atoms with van der Waals surface area (Å²) >= 11 is 1.95. The Morgan fingerprint density at radius 3 is 3.00 bits per heavy atom. The standard InChI is InChI=1S/C16H19NOS/c1-2-9-17-16(14-7-5-10-18-14)13-11-19-15-8-4-3-6-12(13)15/h3-8,10,13,16-17H,2,9,11H2,1H3. The van der Waals surface area contributed by atoms with E-state index in [1.54, 1.807) is 6.26 Å². The Kier molecular flexibility index (Phi) is 3.95. The van der Waals surface area contributed by atoms with Gasteiger partial charge in [0.25, 0.3) is 0 Å². The highest BCUT2D eigenvalue weighted by Gasteiger charge is 2.32. The molecule has 0 spiro atoms. The Labute approximate surface area is 118 Å². The second-order valence-electron chi connectivity index (χ2n) is 4.90. The zero-order valence-corrected chi connectivity index (χ0v) is 12.0. The van der Waals surface area contributed by atoms with Gasteiger partial charge in [0.2, 0.25) is 0 Å². The molecule has 1 aromatic carbocycles. The fourth-order valence-electron chi connectivity index (χ4n) is 2.67. The SMILES string of the molecule is CCCNC(c1ccco1)C1CSc2ccccc21. The van der Waals surface area contributed by atoms with Gasteiger partial charge in [-0.05, 0) is 36.7 Å². The maximum Gasteiger partial charge on any atom is 0.121 e. The Morgan fingerprint density at radius 1 is 1.32 bits per heavy atom. The van der Waals surface area contributed by atoms with Gasteiger partial charge in [0.05, 0.1) is 12.3 Å².